The van der Waals surface area contributed by atoms with Gasteiger partial charge in [0.15, 0.2) is 0 Å². The fourth-order valence-electron chi connectivity index (χ4n) is 2.13. The Morgan fingerprint density at radius 1 is 1.09 bits per heavy atom. The molecule has 0 spiro atoms. The minimum Gasteiger partial charge on any atom is -0.388 e. The smallest absolute Gasteiger partial charge is 0.0802 e. The highest BCUT2D eigenvalue weighted by molar-refractivity contribution is 7.98. The Kier molecular flexibility index (Phi) is 7.25. The van der Waals surface area contributed by atoms with E-state index in [9.17, 15) is 5.11 Å². The van der Waals surface area contributed by atoms with Gasteiger partial charge >= 0.3 is 0 Å². The molecular weight excluding hydrogens is 349 g/mol. The van der Waals surface area contributed by atoms with Crippen molar-refractivity contribution in [2.75, 3.05) is 20.6 Å². The number of benzene rings is 2. The zero-order valence-electron chi connectivity index (χ0n) is 13.3. The van der Waals surface area contributed by atoms with Crippen LogP contribution in [0.2, 0.25) is 10.0 Å². The van der Waals surface area contributed by atoms with E-state index in [0.29, 0.717) is 10.0 Å². The van der Waals surface area contributed by atoms with Gasteiger partial charge in [0.25, 0.3) is 0 Å². The molecule has 0 fully saturated rings. The average Bonchev–Trinajstić information content (AvgIpc) is 2.52. The number of aliphatic hydroxyl groups is 1. The lowest BCUT2D eigenvalue weighted by Crippen LogP contribution is -2.15. The van der Waals surface area contributed by atoms with Crippen molar-refractivity contribution in [1.29, 1.82) is 0 Å². The number of nitrogens with zero attached hydrogens (tertiary/aromatic N) is 1. The molecule has 0 aliphatic heterocycles. The van der Waals surface area contributed by atoms with Gasteiger partial charge in [-0.3, -0.25) is 0 Å². The summed E-state index contributed by atoms with van der Waals surface area (Å²) in [6.07, 6.45) is 0.321. The first-order valence-electron chi connectivity index (χ1n) is 7.45. The molecule has 0 aromatic heterocycles. The van der Waals surface area contributed by atoms with Crippen LogP contribution in [0.25, 0.3) is 0 Å². The van der Waals surface area contributed by atoms with Gasteiger partial charge in [-0.15, -0.1) is 11.8 Å². The number of thioether (sulfide) groups is 1. The van der Waals surface area contributed by atoms with E-state index in [4.69, 9.17) is 23.2 Å². The Morgan fingerprint density at radius 3 is 2.39 bits per heavy atom. The lowest BCUT2D eigenvalue weighted by molar-refractivity contribution is 0.154. The molecule has 2 nitrogen and oxygen atoms in total. The van der Waals surface area contributed by atoms with E-state index in [1.807, 2.05) is 50.5 Å². The van der Waals surface area contributed by atoms with Crippen LogP contribution in [-0.4, -0.2) is 30.6 Å². The van der Waals surface area contributed by atoms with Gasteiger partial charge in [-0.05, 0) is 55.9 Å². The van der Waals surface area contributed by atoms with Gasteiger partial charge in [0.1, 0.15) is 0 Å². The summed E-state index contributed by atoms with van der Waals surface area (Å²) in [6.45, 7) is 0.868. The van der Waals surface area contributed by atoms with Crippen molar-refractivity contribution in [3.8, 4) is 0 Å². The first kappa shape index (κ1) is 18.6. The van der Waals surface area contributed by atoms with Crippen LogP contribution in [0.3, 0.4) is 0 Å². The third kappa shape index (κ3) is 6.02. The molecule has 23 heavy (non-hydrogen) atoms. The highest BCUT2D eigenvalue weighted by Crippen LogP contribution is 2.29. The number of halogens is 2. The summed E-state index contributed by atoms with van der Waals surface area (Å²) in [7, 11) is 4.02. The van der Waals surface area contributed by atoms with Crippen molar-refractivity contribution in [2.24, 2.45) is 0 Å². The van der Waals surface area contributed by atoms with Crippen molar-refractivity contribution in [1.82, 2.24) is 4.90 Å². The second kappa shape index (κ2) is 8.95. The van der Waals surface area contributed by atoms with Crippen molar-refractivity contribution in [3.63, 3.8) is 0 Å². The Morgan fingerprint density at radius 2 is 1.78 bits per heavy atom. The highest BCUT2D eigenvalue weighted by Gasteiger charge is 2.08. The topological polar surface area (TPSA) is 23.5 Å². The van der Waals surface area contributed by atoms with Crippen molar-refractivity contribution >= 4 is 35.0 Å². The zero-order chi connectivity index (χ0) is 16.8. The molecule has 0 radical (unpaired) electrons. The van der Waals surface area contributed by atoms with E-state index in [2.05, 4.69) is 4.90 Å². The molecule has 0 saturated heterocycles. The lowest BCUT2D eigenvalue weighted by Gasteiger charge is -2.15. The highest BCUT2D eigenvalue weighted by atomic mass is 35.5. The number of hydrogen-bond donors (Lipinski definition) is 1. The SMILES string of the molecule is CN(C)CCC(O)c1ccc(SCc2ccc(Cl)cc2Cl)cc1. The average molecular weight is 370 g/mol. The molecule has 5 heteroatoms. The second-order valence-corrected chi connectivity index (χ2v) is 7.59. The Bertz CT molecular complexity index is 631. The fourth-order valence-corrected chi connectivity index (χ4v) is 3.59. The largest absolute Gasteiger partial charge is 0.388 e. The van der Waals surface area contributed by atoms with Crippen LogP contribution in [0.4, 0.5) is 0 Å². The fraction of sp³-hybridized carbons (Fsp3) is 0.333. The summed E-state index contributed by atoms with van der Waals surface area (Å²) >= 11 is 13.8. The Labute approximate surface area is 152 Å². The van der Waals surface area contributed by atoms with Crippen LogP contribution in [0.15, 0.2) is 47.4 Å². The zero-order valence-corrected chi connectivity index (χ0v) is 15.6. The molecule has 0 bridgehead atoms. The molecule has 0 heterocycles. The first-order chi connectivity index (χ1) is 11.0. The van der Waals surface area contributed by atoms with Crippen LogP contribution in [0.1, 0.15) is 23.7 Å². The molecule has 124 valence electrons. The number of hydrogen-bond acceptors (Lipinski definition) is 3. The molecule has 0 aliphatic carbocycles. The molecule has 1 atom stereocenters. The lowest BCUT2D eigenvalue weighted by atomic mass is 10.1. The van der Waals surface area contributed by atoms with E-state index in [-0.39, 0.29) is 0 Å². The van der Waals surface area contributed by atoms with Crippen LogP contribution in [0.5, 0.6) is 0 Å². The Hall–Kier alpha value is -0.710. The number of aliphatic hydroxyl groups excluding tert-OH is 1. The molecule has 2 rings (SSSR count). The summed E-state index contributed by atoms with van der Waals surface area (Å²) in [4.78, 5) is 3.23. The minimum absolute atomic E-state index is 0.415. The van der Waals surface area contributed by atoms with Crippen LogP contribution in [0, 0.1) is 0 Å². The molecule has 1 unspecified atom stereocenters. The molecule has 0 saturated carbocycles. The molecule has 0 amide bonds. The minimum atomic E-state index is -0.415. The normalized spacial score (nSPS) is 12.6. The summed E-state index contributed by atoms with van der Waals surface area (Å²) in [5.41, 5.74) is 2.02. The third-order valence-corrected chi connectivity index (χ3v) is 5.17. The quantitative estimate of drug-likeness (QED) is 0.672. The van der Waals surface area contributed by atoms with Crippen LogP contribution >= 0.6 is 35.0 Å². The third-order valence-electron chi connectivity index (χ3n) is 3.52. The van der Waals surface area contributed by atoms with Gasteiger partial charge in [0.05, 0.1) is 6.10 Å². The van der Waals surface area contributed by atoms with Gasteiger partial charge in [0, 0.05) is 27.2 Å². The van der Waals surface area contributed by atoms with Crippen molar-refractivity contribution in [3.05, 3.63) is 63.6 Å². The predicted molar refractivity (Wildman–Crippen MR) is 101 cm³/mol. The van der Waals surface area contributed by atoms with E-state index in [0.717, 1.165) is 34.7 Å². The summed E-state index contributed by atoms with van der Waals surface area (Å²) in [5.74, 6) is 0.790. The molecule has 1 N–H and O–H groups in total. The molecule has 0 aliphatic rings. The standard InChI is InChI=1S/C18H21Cl2NOS/c1-21(2)10-9-18(22)13-4-7-16(8-5-13)23-12-14-3-6-15(19)11-17(14)20/h3-8,11,18,22H,9-10,12H2,1-2H3. The summed E-state index contributed by atoms with van der Waals surface area (Å²) in [5, 5.41) is 11.5. The first-order valence-corrected chi connectivity index (χ1v) is 9.19. The van der Waals surface area contributed by atoms with Gasteiger partial charge in [-0.1, -0.05) is 41.4 Å². The monoisotopic (exact) mass is 369 g/mol. The molecule has 2 aromatic carbocycles. The van der Waals surface area contributed by atoms with E-state index in [1.165, 1.54) is 0 Å². The van der Waals surface area contributed by atoms with Crippen molar-refractivity contribution < 1.29 is 5.11 Å². The summed E-state index contributed by atoms with van der Waals surface area (Å²) < 4.78 is 0. The van der Waals surface area contributed by atoms with Crippen LogP contribution < -0.4 is 0 Å². The van der Waals surface area contributed by atoms with Gasteiger partial charge < -0.3 is 10.0 Å². The maximum atomic E-state index is 10.2. The van der Waals surface area contributed by atoms with Crippen molar-refractivity contribution in [2.45, 2.75) is 23.2 Å². The maximum absolute atomic E-state index is 10.2. The van der Waals surface area contributed by atoms with Gasteiger partial charge in [-0.2, -0.15) is 0 Å². The van der Waals surface area contributed by atoms with E-state index < -0.39 is 6.10 Å². The molecule has 2 aromatic rings. The van der Waals surface area contributed by atoms with E-state index in [1.54, 1.807) is 17.8 Å². The second-order valence-electron chi connectivity index (χ2n) is 5.70. The van der Waals surface area contributed by atoms with E-state index >= 15 is 0 Å². The van der Waals surface area contributed by atoms with Gasteiger partial charge in [0.2, 0.25) is 0 Å². The predicted octanol–water partition coefficient (Wildman–Crippen LogP) is 5.27. The molecular formula is C18H21Cl2NOS. The summed E-state index contributed by atoms with van der Waals surface area (Å²) in [6, 6.07) is 13.7. The Balaban J connectivity index is 1.92. The number of rotatable bonds is 7. The van der Waals surface area contributed by atoms with Gasteiger partial charge in [-0.25, -0.2) is 0 Å². The van der Waals surface area contributed by atoms with Crippen LogP contribution in [-0.2, 0) is 5.75 Å². The maximum Gasteiger partial charge on any atom is 0.0802 e.